The van der Waals surface area contributed by atoms with E-state index in [4.69, 9.17) is 41.5 Å². The Hall–Kier alpha value is -5.26. The molecular weight excluding hydrogens is 791 g/mol. The number of anilines is 1. The van der Waals surface area contributed by atoms with Crippen molar-refractivity contribution in [3.8, 4) is 17.2 Å². The van der Waals surface area contributed by atoms with Gasteiger partial charge in [0, 0.05) is 41.0 Å². The highest BCUT2D eigenvalue weighted by molar-refractivity contribution is 6.35. The molecular formula is C36H37ClF7N9O4. The van der Waals surface area contributed by atoms with E-state index in [1.165, 1.54) is 0 Å². The highest BCUT2D eigenvalue weighted by Crippen LogP contribution is 2.45. The molecule has 5 aromatic rings. The molecule has 306 valence electrons. The number of carboxylic acids is 2. The van der Waals surface area contributed by atoms with Crippen molar-refractivity contribution in [2.24, 2.45) is 0 Å². The summed E-state index contributed by atoms with van der Waals surface area (Å²) < 4.78 is 82.6. The summed E-state index contributed by atoms with van der Waals surface area (Å²) in [5, 5.41) is 41.9. The first-order valence-corrected chi connectivity index (χ1v) is 17.6. The molecule has 2 aliphatic rings. The Balaban J connectivity index is 0.000000380. The topological polar surface area (TPSA) is 176 Å². The quantitative estimate of drug-likeness (QED) is 0.132. The molecule has 2 atom stereocenters. The van der Waals surface area contributed by atoms with E-state index in [9.17, 15) is 31.6 Å². The first-order chi connectivity index (χ1) is 26.5. The fraction of sp³-hybridized carbons (Fsp3) is 0.444. The molecule has 21 heteroatoms. The lowest BCUT2D eigenvalue weighted by atomic mass is 9.90. The number of hydrogen-bond acceptors (Lipinski definition) is 9. The molecule has 0 bridgehead atoms. The second-order valence-electron chi connectivity index (χ2n) is 14.3. The number of likely N-dealkylation sites (N-methyl/N-ethyl adjacent to an activating group) is 1. The minimum absolute atomic E-state index is 0.00617. The molecule has 13 nitrogen and oxygen atoms in total. The van der Waals surface area contributed by atoms with Crippen LogP contribution >= 0.6 is 11.6 Å². The van der Waals surface area contributed by atoms with Crippen LogP contribution in [0.15, 0.2) is 24.5 Å². The number of halogens is 8. The van der Waals surface area contributed by atoms with Crippen LogP contribution in [0.5, 0.6) is 0 Å². The van der Waals surface area contributed by atoms with Crippen LogP contribution < -0.4 is 10.2 Å². The molecule has 2 saturated heterocycles. The Morgan fingerprint density at radius 1 is 1.04 bits per heavy atom. The molecule has 3 aromatic heterocycles. The zero-order valence-corrected chi connectivity index (χ0v) is 31.8. The zero-order chi connectivity index (χ0) is 42.4. The lowest BCUT2D eigenvalue weighted by Crippen LogP contribution is -2.67. The zero-order valence-electron chi connectivity index (χ0n) is 31.1. The number of aliphatic carboxylic acids is 2. The molecule has 5 heterocycles. The van der Waals surface area contributed by atoms with E-state index in [0.29, 0.717) is 22.4 Å². The molecule has 57 heavy (non-hydrogen) atoms. The van der Waals surface area contributed by atoms with E-state index in [-0.39, 0.29) is 23.1 Å². The van der Waals surface area contributed by atoms with Gasteiger partial charge in [-0.1, -0.05) is 11.6 Å². The number of aromatic amines is 1. The molecule has 0 radical (unpaired) electrons. The maximum atomic E-state index is 17.1. The summed E-state index contributed by atoms with van der Waals surface area (Å²) in [6.07, 6.45) is -4.52. The van der Waals surface area contributed by atoms with Gasteiger partial charge in [-0.15, -0.1) is 0 Å². The second kappa shape index (κ2) is 15.9. The third-order valence-electron chi connectivity index (χ3n) is 10.3. The Bertz CT molecular complexity index is 2360. The highest BCUT2D eigenvalue weighted by Gasteiger charge is 2.43. The summed E-state index contributed by atoms with van der Waals surface area (Å²) in [6, 6.07) is 6.32. The van der Waals surface area contributed by atoms with Crippen molar-refractivity contribution in [1.29, 1.82) is 5.26 Å². The normalized spacial score (nSPS) is 18.1. The van der Waals surface area contributed by atoms with Crippen LogP contribution in [0.3, 0.4) is 0 Å². The van der Waals surface area contributed by atoms with Gasteiger partial charge in [-0.3, -0.25) is 9.78 Å². The van der Waals surface area contributed by atoms with Gasteiger partial charge in [0.05, 0.1) is 57.9 Å². The van der Waals surface area contributed by atoms with Gasteiger partial charge in [0.15, 0.2) is 5.82 Å². The Morgan fingerprint density at radius 2 is 1.65 bits per heavy atom. The summed E-state index contributed by atoms with van der Waals surface area (Å²) in [4.78, 5) is 27.3. The lowest BCUT2D eigenvalue weighted by molar-refractivity contribution is -0.193. The summed E-state index contributed by atoms with van der Waals surface area (Å²) in [7, 11) is 4.17. The maximum Gasteiger partial charge on any atom is 0.490 e. The van der Waals surface area contributed by atoms with Crippen molar-refractivity contribution in [2.75, 3.05) is 38.6 Å². The smallest absolute Gasteiger partial charge is 0.475 e. The molecule has 0 amide bonds. The van der Waals surface area contributed by atoms with Gasteiger partial charge in [0.2, 0.25) is 0 Å². The fourth-order valence-electron chi connectivity index (χ4n) is 6.94. The largest absolute Gasteiger partial charge is 0.490 e. The van der Waals surface area contributed by atoms with Crippen molar-refractivity contribution < 1.29 is 50.5 Å². The molecule has 2 aliphatic heterocycles. The van der Waals surface area contributed by atoms with Crippen LogP contribution in [-0.4, -0.2) is 110 Å². The van der Waals surface area contributed by atoms with Crippen LogP contribution in [0, 0.1) is 31.0 Å². The van der Waals surface area contributed by atoms with Gasteiger partial charge < -0.3 is 25.3 Å². The standard InChI is InChI=1S/C32H35ClFN9.2C2HF3O2/c1-17-10-25-22(13-37-40-25)26(18(17)2)27-24(33)12-21-29(28(27)34)39-31(42-15-32(3,16-42)41(4)5)23-14-38-43(30(21)23)20-7-9-36-19(11-20)6-8-35;2*3-2(4,5)1(6)7/h10,12-14,19-20,36H,6-7,9,11,15-16H2,1-5H3,(H,37,40);2*(H,6,7)/t19-,20+;;/m1../s1. The number of aromatic nitrogens is 5. The number of alkyl halides is 6. The van der Waals surface area contributed by atoms with Crippen molar-refractivity contribution in [3.63, 3.8) is 0 Å². The second-order valence-corrected chi connectivity index (χ2v) is 14.7. The summed E-state index contributed by atoms with van der Waals surface area (Å²) in [5.74, 6) is -5.23. The number of pyridine rings is 1. The van der Waals surface area contributed by atoms with Crippen LogP contribution in [0.2, 0.25) is 5.02 Å². The predicted molar refractivity (Wildman–Crippen MR) is 197 cm³/mol. The summed E-state index contributed by atoms with van der Waals surface area (Å²) in [5.41, 5.74) is 4.97. The van der Waals surface area contributed by atoms with E-state index in [1.54, 1.807) is 6.20 Å². The number of carbonyl (C=O) groups is 2. The minimum Gasteiger partial charge on any atom is -0.475 e. The highest BCUT2D eigenvalue weighted by atomic mass is 35.5. The molecule has 2 fully saturated rings. The number of H-pyrrole nitrogens is 1. The number of carboxylic acid groups (broad SMARTS) is 2. The van der Waals surface area contributed by atoms with E-state index in [1.807, 2.05) is 36.9 Å². The van der Waals surface area contributed by atoms with Gasteiger partial charge in [-0.25, -0.2) is 19.0 Å². The van der Waals surface area contributed by atoms with Gasteiger partial charge in [0.25, 0.3) is 0 Å². The number of hydrogen-bond donors (Lipinski definition) is 4. The SMILES string of the molecule is Cc1cc2[nH]ncc2c(-c2c(Cl)cc3c(nc(N4CC(C)(N(C)C)C4)c4cnn([C@H]5CCN[C@H](CC#N)C5)c43)c2F)c1C.O=C(O)C(F)(F)F.O=C(O)C(F)(F)F. The third kappa shape index (κ3) is 8.55. The van der Waals surface area contributed by atoms with Gasteiger partial charge in [-0.2, -0.15) is 41.8 Å². The maximum absolute atomic E-state index is 17.1. The number of benzene rings is 2. The Morgan fingerprint density at radius 3 is 2.21 bits per heavy atom. The molecule has 0 spiro atoms. The lowest BCUT2D eigenvalue weighted by Gasteiger charge is -2.52. The minimum atomic E-state index is -5.08. The first-order valence-electron chi connectivity index (χ1n) is 17.3. The number of piperidine rings is 1. The molecule has 2 aromatic carbocycles. The number of fused-ring (bicyclic) bond motifs is 4. The number of aryl methyl sites for hydroxylation is 1. The number of nitrogens with one attached hydrogen (secondary N) is 2. The van der Waals surface area contributed by atoms with E-state index < -0.39 is 30.1 Å². The number of nitrogens with zero attached hydrogens (tertiary/aromatic N) is 7. The number of nitriles is 1. The average Bonchev–Trinajstić information content (AvgIpc) is 3.76. The third-order valence-corrected chi connectivity index (χ3v) is 10.6. The molecule has 7 rings (SSSR count). The molecule has 4 N–H and O–H groups in total. The Kier molecular flexibility index (Phi) is 12.0. The van der Waals surface area contributed by atoms with Crippen molar-refractivity contribution in [2.45, 2.75) is 70.0 Å². The number of rotatable bonds is 5. The predicted octanol–water partition coefficient (Wildman–Crippen LogP) is 7.15. The fourth-order valence-corrected chi connectivity index (χ4v) is 7.22. The molecule has 0 aliphatic carbocycles. The van der Waals surface area contributed by atoms with Gasteiger partial charge >= 0.3 is 24.3 Å². The van der Waals surface area contributed by atoms with Gasteiger partial charge in [0.1, 0.15) is 11.3 Å². The van der Waals surface area contributed by atoms with Crippen LogP contribution in [0.1, 0.15) is 43.4 Å². The summed E-state index contributed by atoms with van der Waals surface area (Å²) >= 11 is 7.03. The van der Waals surface area contributed by atoms with E-state index in [0.717, 1.165) is 76.8 Å². The van der Waals surface area contributed by atoms with E-state index >= 15 is 4.39 Å². The van der Waals surface area contributed by atoms with Crippen LogP contribution in [0.4, 0.5) is 36.6 Å². The van der Waals surface area contributed by atoms with Gasteiger partial charge in [-0.05, 0) is 77.5 Å². The summed E-state index contributed by atoms with van der Waals surface area (Å²) in [6.45, 7) is 8.55. The van der Waals surface area contributed by atoms with Crippen molar-refractivity contribution in [1.82, 2.24) is 35.2 Å². The Labute approximate surface area is 325 Å². The van der Waals surface area contributed by atoms with Crippen molar-refractivity contribution in [3.05, 3.63) is 46.5 Å². The van der Waals surface area contributed by atoms with Crippen molar-refractivity contribution >= 4 is 62.1 Å². The molecule has 0 unspecified atom stereocenters. The van der Waals surface area contributed by atoms with Crippen LogP contribution in [-0.2, 0) is 9.59 Å². The van der Waals surface area contributed by atoms with Crippen LogP contribution in [0.25, 0.3) is 43.8 Å². The first kappa shape index (κ1) is 42.9. The average molecular weight is 828 g/mol. The monoisotopic (exact) mass is 827 g/mol. The molecule has 0 saturated carbocycles. The van der Waals surface area contributed by atoms with E-state index in [2.05, 4.69) is 52.4 Å².